The highest BCUT2D eigenvalue weighted by molar-refractivity contribution is 7.09. The molecule has 0 spiro atoms. The van der Waals surface area contributed by atoms with Gasteiger partial charge in [-0.25, -0.2) is 4.98 Å². The first-order valence-electron chi connectivity index (χ1n) is 5.42. The van der Waals surface area contributed by atoms with Crippen LogP contribution in [0.3, 0.4) is 0 Å². The minimum Gasteiger partial charge on any atom is -0.508 e. The summed E-state index contributed by atoms with van der Waals surface area (Å²) in [5.74, 6) is -0.269. The van der Waals surface area contributed by atoms with Crippen LogP contribution in [-0.4, -0.2) is 22.5 Å². The molecule has 1 amide bonds. The van der Waals surface area contributed by atoms with Crippen LogP contribution in [0.4, 0.5) is 5.69 Å². The molecule has 0 aliphatic heterocycles. The van der Waals surface area contributed by atoms with Gasteiger partial charge < -0.3 is 16.2 Å². The van der Waals surface area contributed by atoms with Crippen molar-refractivity contribution in [3.8, 4) is 5.75 Å². The molecule has 4 N–H and O–H groups in total. The van der Waals surface area contributed by atoms with Gasteiger partial charge in [0.1, 0.15) is 5.75 Å². The van der Waals surface area contributed by atoms with Crippen molar-refractivity contribution in [2.45, 2.75) is 6.42 Å². The molecule has 0 radical (unpaired) electrons. The Labute approximate surface area is 108 Å². The molecule has 1 heterocycles. The van der Waals surface area contributed by atoms with E-state index in [0.29, 0.717) is 18.7 Å². The van der Waals surface area contributed by atoms with Crippen molar-refractivity contribution in [1.29, 1.82) is 0 Å². The monoisotopic (exact) mass is 263 g/mol. The summed E-state index contributed by atoms with van der Waals surface area (Å²) in [6.07, 6.45) is 2.41. The summed E-state index contributed by atoms with van der Waals surface area (Å²) in [6.45, 7) is 0.488. The number of nitrogens with zero attached hydrogens (tertiary/aromatic N) is 1. The first kappa shape index (κ1) is 12.4. The number of carbonyl (C=O) groups excluding carboxylic acids is 1. The number of aromatic hydroxyl groups is 1. The summed E-state index contributed by atoms with van der Waals surface area (Å²) in [7, 11) is 0. The Balaban J connectivity index is 1.93. The number of thiazole rings is 1. The van der Waals surface area contributed by atoms with Gasteiger partial charge in [0.15, 0.2) is 0 Å². The molecule has 0 bridgehead atoms. The van der Waals surface area contributed by atoms with Gasteiger partial charge in [0, 0.05) is 30.2 Å². The number of phenolic OH excluding ortho intramolecular Hbond substituents is 1. The molecular weight excluding hydrogens is 250 g/mol. The molecule has 0 fully saturated rings. The highest BCUT2D eigenvalue weighted by Gasteiger charge is 2.10. The van der Waals surface area contributed by atoms with Crippen molar-refractivity contribution in [3.63, 3.8) is 0 Å². The third-order valence-corrected chi connectivity index (χ3v) is 3.23. The molecule has 0 aliphatic rings. The average molecular weight is 263 g/mol. The highest BCUT2D eigenvalue weighted by atomic mass is 32.1. The molecule has 6 heteroatoms. The van der Waals surface area contributed by atoms with E-state index in [1.54, 1.807) is 17.5 Å². The number of benzene rings is 1. The lowest BCUT2D eigenvalue weighted by Gasteiger charge is -2.07. The van der Waals surface area contributed by atoms with Gasteiger partial charge in [0.25, 0.3) is 5.91 Å². The standard InChI is InChI=1S/C12H13N3O2S/c13-10-2-1-8(16)7-9(10)12(17)15-4-3-11-14-5-6-18-11/h1-2,5-7,16H,3-4,13H2,(H,15,17). The van der Waals surface area contributed by atoms with Crippen LogP contribution in [0.15, 0.2) is 29.8 Å². The zero-order chi connectivity index (χ0) is 13.0. The van der Waals surface area contributed by atoms with E-state index in [9.17, 15) is 9.90 Å². The summed E-state index contributed by atoms with van der Waals surface area (Å²) in [6, 6.07) is 4.31. The second-order valence-electron chi connectivity index (χ2n) is 3.70. The summed E-state index contributed by atoms with van der Waals surface area (Å²) in [5, 5.41) is 14.9. The van der Waals surface area contributed by atoms with Gasteiger partial charge in [-0.15, -0.1) is 11.3 Å². The predicted octanol–water partition coefficient (Wildman–Crippen LogP) is 1.40. The number of nitrogens with one attached hydrogen (secondary N) is 1. The minimum absolute atomic E-state index is 0.0225. The summed E-state index contributed by atoms with van der Waals surface area (Å²) < 4.78 is 0. The van der Waals surface area contributed by atoms with E-state index >= 15 is 0 Å². The van der Waals surface area contributed by atoms with Crippen LogP contribution in [0, 0.1) is 0 Å². The normalized spacial score (nSPS) is 10.2. The molecule has 0 unspecified atom stereocenters. The van der Waals surface area contributed by atoms with E-state index in [2.05, 4.69) is 10.3 Å². The number of hydrogen-bond acceptors (Lipinski definition) is 5. The number of amides is 1. The lowest BCUT2D eigenvalue weighted by molar-refractivity contribution is 0.0954. The maximum atomic E-state index is 11.8. The Hall–Kier alpha value is -2.08. The van der Waals surface area contributed by atoms with Crippen molar-refractivity contribution in [3.05, 3.63) is 40.3 Å². The molecule has 1 aromatic heterocycles. The van der Waals surface area contributed by atoms with Crippen molar-refractivity contribution >= 4 is 22.9 Å². The smallest absolute Gasteiger partial charge is 0.253 e. The first-order chi connectivity index (χ1) is 8.66. The van der Waals surface area contributed by atoms with Gasteiger partial charge in [-0.05, 0) is 18.2 Å². The van der Waals surface area contributed by atoms with Crippen LogP contribution in [-0.2, 0) is 6.42 Å². The number of nitrogens with two attached hydrogens (primary N) is 1. The molecular formula is C12H13N3O2S. The van der Waals surface area contributed by atoms with Crippen LogP contribution in [0.5, 0.6) is 5.75 Å². The zero-order valence-corrected chi connectivity index (χ0v) is 10.4. The Kier molecular flexibility index (Phi) is 3.78. The number of phenols is 1. The number of aromatic nitrogens is 1. The van der Waals surface area contributed by atoms with E-state index < -0.39 is 0 Å². The largest absolute Gasteiger partial charge is 0.508 e. The second-order valence-corrected chi connectivity index (χ2v) is 4.68. The van der Waals surface area contributed by atoms with Gasteiger partial charge in [-0.3, -0.25) is 4.79 Å². The van der Waals surface area contributed by atoms with Gasteiger partial charge >= 0.3 is 0 Å². The van der Waals surface area contributed by atoms with Crippen molar-refractivity contribution in [2.75, 3.05) is 12.3 Å². The van der Waals surface area contributed by atoms with Crippen molar-refractivity contribution in [2.24, 2.45) is 0 Å². The summed E-state index contributed by atoms with van der Waals surface area (Å²) >= 11 is 1.55. The third-order valence-electron chi connectivity index (χ3n) is 2.39. The van der Waals surface area contributed by atoms with Gasteiger partial charge in [-0.2, -0.15) is 0 Å². The van der Waals surface area contributed by atoms with E-state index in [-0.39, 0.29) is 17.2 Å². The molecule has 0 atom stereocenters. The quantitative estimate of drug-likeness (QED) is 0.574. The van der Waals surface area contributed by atoms with Gasteiger partial charge in [-0.1, -0.05) is 0 Å². The van der Waals surface area contributed by atoms with Crippen molar-refractivity contribution < 1.29 is 9.90 Å². The third kappa shape index (κ3) is 2.98. The molecule has 2 aromatic rings. The maximum absolute atomic E-state index is 11.8. The number of hydrogen-bond donors (Lipinski definition) is 3. The van der Waals surface area contributed by atoms with E-state index in [4.69, 9.17) is 5.73 Å². The Morgan fingerprint density at radius 2 is 2.33 bits per heavy atom. The predicted molar refractivity (Wildman–Crippen MR) is 70.7 cm³/mol. The topological polar surface area (TPSA) is 88.2 Å². The van der Waals surface area contributed by atoms with E-state index in [1.807, 2.05) is 5.38 Å². The molecule has 2 rings (SSSR count). The lowest BCUT2D eigenvalue weighted by atomic mass is 10.1. The van der Waals surface area contributed by atoms with E-state index in [0.717, 1.165) is 5.01 Å². The van der Waals surface area contributed by atoms with Crippen LogP contribution in [0.1, 0.15) is 15.4 Å². The van der Waals surface area contributed by atoms with Crippen LogP contribution >= 0.6 is 11.3 Å². The van der Waals surface area contributed by atoms with Crippen LogP contribution in [0.2, 0.25) is 0 Å². The first-order valence-corrected chi connectivity index (χ1v) is 6.30. The number of rotatable bonds is 4. The Morgan fingerprint density at radius 3 is 3.06 bits per heavy atom. The Bertz CT molecular complexity index is 540. The fraction of sp³-hybridized carbons (Fsp3) is 0.167. The molecule has 0 saturated carbocycles. The number of nitrogen functional groups attached to an aromatic ring is 1. The maximum Gasteiger partial charge on any atom is 0.253 e. The SMILES string of the molecule is Nc1ccc(O)cc1C(=O)NCCc1nccs1. The second kappa shape index (κ2) is 5.50. The van der Waals surface area contributed by atoms with Crippen molar-refractivity contribution in [1.82, 2.24) is 10.3 Å². The summed E-state index contributed by atoms with van der Waals surface area (Å²) in [4.78, 5) is 15.9. The molecule has 5 nitrogen and oxygen atoms in total. The fourth-order valence-electron chi connectivity index (χ4n) is 1.50. The molecule has 94 valence electrons. The Morgan fingerprint density at radius 1 is 1.50 bits per heavy atom. The molecule has 1 aromatic carbocycles. The van der Waals surface area contributed by atoms with Crippen LogP contribution in [0.25, 0.3) is 0 Å². The lowest BCUT2D eigenvalue weighted by Crippen LogP contribution is -2.26. The number of anilines is 1. The molecule has 0 aliphatic carbocycles. The van der Waals surface area contributed by atoms with Gasteiger partial charge in [0.05, 0.1) is 10.6 Å². The highest BCUT2D eigenvalue weighted by Crippen LogP contribution is 2.18. The molecule has 0 saturated heterocycles. The minimum atomic E-state index is -0.292. The van der Waals surface area contributed by atoms with Gasteiger partial charge in [0.2, 0.25) is 0 Å². The number of carbonyl (C=O) groups is 1. The summed E-state index contributed by atoms with van der Waals surface area (Å²) in [5.41, 5.74) is 6.31. The van der Waals surface area contributed by atoms with Crippen LogP contribution < -0.4 is 11.1 Å². The fourth-order valence-corrected chi connectivity index (χ4v) is 2.12. The molecule has 18 heavy (non-hydrogen) atoms. The zero-order valence-electron chi connectivity index (χ0n) is 9.59. The average Bonchev–Trinajstić information content (AvgIpc) is 2.85. The van der Waals surface area contributed by atoms with E-state index in [1.165, 1.54) is 18.2 Å².